The zero-order valence-corrected chi connectivity index (χ0v) is 14.6. The first kappa shape index (κ1) is 14.9. The highest BCUT2D eigenvalue weighted by molar-refractivity contribution is 9.10. The van der Waals surface area contributed by atoms with Crippen molar-refractivity contribution in [2.45, 2.75) is 31.7 Å². The van der Waals surface area contributed by atoms with Crippen LogP contribution in [0, 0.1) is 5.92 Å². The molecule has 2 fully saturated rings. The molecule has 120 valence electrons. The summed E-state index contributed by atoms with van der Waals surface area (Å²) in [7, 11) is 0. The van der Waals surface area contributed by atoms with Crippen LogP contribution in [0.1, 0.15) is 31.7 Å². The summed E-state index contributed by atoms with van der Waals surface area (Å²) >= 11 is 3.46. The van der Waals surface area contributed by atoms with Gasteiger partial charge < -0.3 is 4.90 Å². The number of hydrogen-bond donors (Lipinski definition) is 0. The Labute approximate surface area is 144 Å². The number of piperidine rings is 1. The molecule has 0 unspecified atom stereocenters. The van der Waals surface area contributed by atoms with E-state index in [0.29, 0.717) is 17.9 Å². The second-order valence-corrected chi connectivity index (χ2v) is 7.46. The van der Waals surface area contributed by atoms with Crippen molar-refractivity contribution >= 4 is 21.8 Å². The van der Waals surface area contributed by atoms with Crippen LogP contribution in [0.25, 0.3) is 11.1 Å². The van der Waals surface area contributed by atoms with E-state index in [9.17, 15) is 4.79 Å². The first-order valence-electron chi connectivity index (χ1n) is 8.29. The number of benzene rings is 1. The molecule has 4 rings (SSSR count). The van der Waals surface area contributed by atoms with Crippen LogP contribution in [0.4, 0.5) is 0 Å². The third-order valence-corrected chi connectivity index (χ3v) is 5.38. The van der Waals surface area contributed by atoms with Crippen molar-refractivity contribution in [3.8, 4) is 11.1 Å². The second-order valence-electron chi connectivity index (χ2n) is 6.55. The monoisotopic (exact) mass is 373 g/mol. The Balaban J connectivity index is 1.41. The maximum Gasteiger partial charge on any atom is 0.225 e. The first-order valence-corrected chi connectivity index (χ1v) is 9.09. The van der Waals surface area contributed by atoms with Crippen molar-refractivity contribution in [1.29, 1.82) is 0 Å². The number of hydrogen-bond acceptors (Lipinski definition) is 2. The Morgan fingerprint density at radius 3 is 2.39 bits per heavy atom. The average Bonchev–Trinajstić information content (AvgIpc) is 3.32. The molecular formula is C18H20BrN3O. The summed E-state index contributed by atoms with van der Waals surface area (Å²) in [4.78, 5) is 14.2. The molecule has 5 heteroatoms. The van der Waals surface area contributed by atoms with E-state index in [1.807, 2.05) is 11.1 Å². The summed E-state index contributed by atoms with van der Waals surface area (Å²) in [6.07, 6.45) is 8.25. The highest BCUT2D eigenvalue weighted by Gasteiger charge is 2.35. The zero-order valence-electron chi connectivity index (χ0n) is 13.0. The Morgan fingerprint density at radius 2 is 1.74 bits per heavy atom. The fraction of sp³-hybridized carbons (Fsp3) is 0.444. The second kappa shape index (κ2) is 6.11. The average molecular weight is 374 g/mol. The van der Waals surface area contributed by atoms with Gasteiger partial charge in [0.05, 0.1) is 12.2 Å². The minimum absolute atomic E-state index is 0.334. The minimum atomic E-state index is 0.334. The van der Waals surface area contributed by atoms with Crippen molar-refractivity contribution in [2.24, 2.45) is 5.92 Å². The van der Waals surface area contributed by atoms with Gasteiger partial charge >= 0.3 is 0 Å². The summed E-state index contributed by atoms with van der Waals surface area (Å²) in [5.74, 6) is 0.708. The van der Waals surface area contributed by atoms with Crippen molar-refractivity contribution in [2.75, 3.05) is 13.1 Å². The summed E-state index contributed by atoms with van der Waals surface area (Å²) < 4.78 is 3.16. The molecular weight excluding hydrogens is 354 g/mol. The van der Waals surface area contributed by atoms with Gasteiger partial charge in [-0.05, 0) is 43.4 Å². The van der Waals surface area contributed by atoms with Crippen molar-refractivity contribution in [1.82, 2.24) is 14.7 Å². The topological polar surface area (TPSA) is 38.1 Å². The van der Waals surface area contributed by atoms with Crippen LogP contribution in [0.15, 0.2) is 41.1 Å². The quantitative estimate of drug-likeness (QED) is 0.818. The number of carbonyl (C=O) groups excluding carboxylic acids is 1. The lowest BCUT2D eigenvalue weighted by Crippen LogP contribution is -2.39. The van der Waals surface area contributed by atoms with Gasteiger partial charge in [0.25, 0.3) is 0 Å². The van der Waals surface area contributed by atoms with E-state index in [1.165, 1.54) is 5.56 Å². The summed E-state index contributed by atoms with van der Waals surface area (Å²) in [6, 6.07) is 8.70. The largest absolute Gasteiger partial charge is 0.342 e. The molecule has 0 N–H and O–H groups in total. The molecule has 1 amide bonds. The maximum atomic E-state index is 12.1. The molecule has 0 atom stereocenters. The number of amides is 1. The molecule has 2 heterocycles. The normalized spacial score (nSPS) is 19.1. The predicted molar refractivity (Wildman–Crippen MR) is 92.9 cm³/mol. The smallest absolute Gasteiger partial charge is 0.225 e. The Hall–Kier alpha value is -1.62. The third kappa shape index (κ3) is 3.20. The number of halogens is 1. The van der Waals surface area contributed by atoms with Gasteiger partial charge in [0, 0.05) is 35.2 Å². The van der Waals surface area contributed by atoms with E-state index in [4.69, 9.17) is 0 Å². The molecule has 1 aromatic carbocycles. The van der Waals surface area contributed by atoms with E-state index in [-0.39, 0.29) is 0 Å². The van der Waals surface area contributed by atoms with E-state index >= 15 is 0 Å². The lowest BCUT2D eigenvalue weighted by atomic mass is 10.0. The van der Waals surface area contributed by atoms with Gasteiger partial charge in [-0.3, -0.25) is 9.48 Å². The minimum Gasteiger partial charge on any atom is -0.342 e. The molecule has 4 nitrogen and oxygen atoms in total. The van der Waals surface area contributed by atoms with E-state index in [1.54, 1.807) is 0 Å². The molecule has 1 aromatic heterocycles. The van der Waals surface area contributed by atoms with Gasteiger partial charge in [0.1, 0.15) is 0 Å². The molecule has 0 bridgehead atoms. The highest BCUT2D eigenvalue weighted by Crippen LogP contribution is 2.33. The number of aromatic nitrogens is 2. The molecule has 2 aliphatic rings. The summed E-state index contributed by atoms with van der Waals surface area (Å²) in [5.41, 5.74) is 2.33. The van der Waals surface area contributed by atoms with E-state index < -0.39 is 0 Å². The van der Waals surface area contributed by atoms with Gasteiger partial charge in [0.2, 0.25) is 5.91 Å². The van der Waals surface area contributed by atoms with Gasteiger partial charge in [0.15, 0.2) is 0 Å². The van der Waals surface area contributed by atoms with Crippen molar-refractivity contribution in [3.63, 3.8) is 0 Å². The summed E-state index contributed by atoms with van der Waals surface area (Å²) in [6.45, 7) is 1.74. The lowest BCUT2D eigenvalue weighted by molar-refractivity contribution is -0.133. The molecule has 0 radical (unpaired) electrons. The van der Waals surface area contributed by atoms with Crippen LogP contribution in [-0.4, -0.2) is 33.7 Å². The van der Waals surface area contributed by atoms with Crippen LogP contribution in [-0.2, 0) is 4.79 Å². The van der Waals surface area contributed by atoms with Crippen LogP contribution in [0.2, 0.25) is 0 Å². The number of carbonyl (C=O) groups is 1. The maximum absolute atomic E-state index is 12.1. The molecule has 1 saturated carbocycles. The first-order chi connectivity index (χ1) is 11.2. The number of rotatable bonds is 3. The SMILES string of the molecule is O=C(C1CC1)N1CCC(n2cc(-c3ccc(Br)cc3)cn2)CC1. The van der Waals surface area contributed by atoms with Gasteiger partial charge in [-0.15, -0.1) is 0 Å². The molecule has 23 heavy (non-hydrogen) atoms. The fourth-order valence-electron chi connectivity index (χ4n) is 3.27. The number of likely N-dealkylation sites (tertiary alicyclic amines) is 1. The molecule has 2 aromatic rings. The van der Waals surface area contributed by atoms with Gasteiger partial charge in [-0.25, -0.2) is 0 Å². The standard InChI is InChI=1S/C18H20BrN3O/c19-16-5-3-13(4-6-16)15-11-20-22(12-15)17-7-9-21(10-8-17)18(23)14-1-2-14/h3-6,11-12,14,17H,1-2,7-10H2. The Morgan fingerprint density at radius 1 is 1.04 bits per heavy atom. The fourth-order valence-corrected chi connectivity index (χ4v) is 3.53. The van der Waals surface area contributed by atoms with E-state index in [2.05, 4.69) is 56.2 Å². The van der Waals surface area contributed by atoms with Crippen LogP contribution < -0.4 is 0 Å². The number of nitrogens with zero attached hydrogens (tertiary/aromatic N) is 3. The molecule has 1 saturated heterocycles. The van der Waals surface area contributed by atoms with Gasteiger partial charge in [-0.2, -0.15) is 5.10 Å². The summed E-state index contributed by atoms with van der Waals surface area (Å²) in [5, 5.41) is 4.56. The van der Waals surface area contributed by atoms with Crippen molar-refractivity contribution in [3.05, 3.63) is 41.1 Å². The van der Waals surface area contributed by atoms with Gasteiger partial charge in [-0.1, -0.05) is 28.1 Å². The Bertz CT molecular complexity index is 697. The molecule has 0 spiro atoms. The van der Waals surface area contributed by atoms with E-state index in [0.717, 1.165) is 48.8 Å². The highest BCUT2D eigenvalue weighted by atomic mass is 79.9. The van der Waals surface area contributed by atoms with Crippen LogP contribution >= 0.6 is 15.9 Å². The van der Waals surface area contributed by atoms with Crippen LogP contribution in [0.3, 0.4) is 0 Å². The molecule has 1 aliphatic heterocycles. The third-order valence-electron chi connectivity index (χ3n) is 4.86. The zero-order chi connectivity index (χ0) is 15.8. The lowest BCUT2D eigenvalue weighted by Gasteiger charge is -2.32. The molecule has 1 aliphatic carbocycles. The predicted octanol–water partition coefficient (Wildman–Crippen LogP) is 3.89. The Kier molecular flexibility index (Phi) is 3.97. The van der Waals surface area contributed by atoms with Crippen LogP contribution in [0.5, 0.6) is 0 Å². The van der Waals surface area contributed by atoms with Crippen molar-refractivity contribution < 1.29 is 4.79 Å².